The van der Waals surface area contributed by atoms with Gasteiger partial charge in [0.25, 0.3) is 0 Å². The first-order valence-corrected chi connectivity index (χ1v) is 6.77. The van der Waals surface area contributed by atoms with Gasteiger partial charge in [0, 0.05) is 16.2 Å². The van der Waals surface area contributed by atoms with Crippen molar-refractivity contribution >= 4 is 38.9 Å². The Hall–Kier alpha value is -2.15. The summed E-state index contributed by atoms with van der Waals surface area (Å²) in [7, 11) is 0. The quantitative estimate of drug-likeness (QED) is 0.656. The van der Waals surface area contributed by atoms with Crippen LogP contribution in [0, 0.1) is 10.1 Å². The number of nitrogens with one attached hydrogen (secondary N) is 1. The smallest absolute Gasteiger partial charge is 0.311 e. The van der Waals surface area contributed by atoms with Crippen molar-refractivity contribution in [2.45, 2.75) is 13.3 Å². The van der Waals surface area contributed by atoms with E-state index in [1.807, 2.05) is 25.1 Å². The van der Waals surface area contributed by atoms with Crippen LogP contribution in [0.4, 0.5) is 23.0 Å². The summed E-state index contributed by atoms with van der Waals surface area (Å²) in [5.74, 6) is 0.375. The number of pyridine rings is 1. The fraction of sp³-hybridized carbons (Fsp3) is 0.154. The number of aromatic nitrogens is 1. The zero-order valence-electron chi connectivity index (χ0n) is 10.8. The highest BCUT2D eigenvalue weighted by molar-refractivity contribution is 9.10. The normalized spacial score (nSPS) is 10.3. The molecule has 3 N–H and O–H groups in total. The van der Waals surface area contributed by atoms with Crippen LogP contribution < -0.4 is 11.1 Å². The van der Waals surface area contributed by atoms with Gasteiger partial charge in [0.15, 0.2) is 0 Å². The van der Waals surface area contributed by atoms with E-state index in [1.165, 1.54) is 12.1 Å². The molecule has 0 saturated heterocycles. The molecule has 2 aromatic rings. The molecule has 2 rings (SSSR count). The Bertz CT molecular complexity index is 661. The predicted molar refractivity (Wildman–Crippen MR) is 82.1 cm³/mol. The number of nitrogens with zero attached hydrogens (tertiary/aromatic N) is 2. The molecule has 0 atom stereocenters. The number of aryl methyl sites for hydroxylation is 1. The Balaban J connectivity index is 2.31. The van der Waals surface area contributed by atoms with Crippen molar-refractivity contribution in [1.82, 2.24) is 4.98 Å². The summed E-state index contributed by atoms with van der Waals surface area (Å²) in [6.07, 6.45) is 0.851. The average Bonchev–Trinajstić information content (AvgIpc) is 2.40. The molecular formula is C13H13BrN4O2. The number of nitro groups is 1. The summed E-state index contributed by atoms with van der Waals surface area (Å²) in [4.78, 5) is 14.1. The Morgan fingerprint density at radius 2 is 2.15 bits per heavy atom. The van der Waals surface area contributed by atoms with E-state index in [4.69, 9.17) is 5.73 Å². The van der Waals surface area contributed by atoms with Crippen molar-refractivity contribution in [2.75, 3.05) is 11.1 Å². The molecule has 20 heavy (non-hydrogen) atoms. The zero-order chi connectivity index (χ0) is 14.7. The second kappa shape index (κ2) is 5.87. The van der Waals surface area contributed by atoms with Crippen LogP contribution in [0.5, 0.6) is 0 Å². The average molecular weight is 337 g/mol. The topological polar surface area (TPSA) is 94.1 Å². The number of benzene rings is 1. The summed E-state index contributed by atoms with van der Waals surface area (Å²) < 4.78 is 0.996. The van der Waals surface area contributed by atoms with Gasteiger partial charge in [0.2, 0.25) is 5.82 Å². The summed E-state index contributed by atoms with van der Waals surface area (Å²) >= 11 is 3.42. The molecule has 0 radical (unpaired) electrons. The molecule has 0 aliphatic heterocycles. The lowest BCUT2D eigenvalue weighted by molar-refractivity contribution is -0.384. The fourth-order valence-corrected chi connectivity index (χ4v) is 2.21. The van der Waals surface area contributed by atoms with Crippen molar-refractivity contribution < 1.29 is 4.92 Å². The number of hydrogen-bond donors (Lipinski definition) is 2. The van der Waals surface area contributed by atoms with Gasteiger partial charge >= 0.3 is 5.69 Å². The van der Waals surface area contributed by atoms with Gasteiger partial charge < -0.3 is 11.1 Å². The third kappa shape index (κ3) is 3.05. The largest absolute Gasteiger partial charge is 0.378 e. The number of nitrogen functional groups attached to an aromatic ring is 1. The summed E-state index contributed by atoms with van der Waals surface area (Å²) in [5, 5.41) is 13.8. The van der Waals surface area contributed by atoms with E-state index in [1.54, 1.807) is 0 Å². The molecule has 0 aliphatic rings. The summed E-state index contributed by atoms with van der Waals surface area (Å²) in [6.45, 7) is 2.05. The maximum atomic E-state index is 10.7. The van der Waals surface area contributed by atoms with E-state index in [0.29, 0.717) is 5.82 Å². The minimum atomic E-state index is -0.552. The third-order valence-corrected chi connectivity index (χ3v) is 3.30. The number of anilines is 3. The minimum Gasteiger partial charge on any atom is -0.378 e. The highest BCUT2D eigenvalue weighted by atomic mass is 79.9. The molecule has 0 spiro atoms. The van der Waals surface area contributed by atoms with E-state index in [2.05, 4.69) is 26.2 Å². The number of rotatable bonds is 4. The van der Waals surface area contributed by atoms with Crippen LogP contribution in [-0.2, 0) is 6.42 Å². The molecule has 0 bridgehead atoms. The molecule has 6 nitrogen and oxygen atoms in total. The van der Waals surface area contributed by atoms with E-state index >= 15 is 0 Å². The monoisotopic (exact) mass is 336 g/mol. The van der Waals surface area contributed by atoms with Crippen molar-refractivity contribution in [3.63, 3.8) is 0 Å². The lowest BCUT2D eigenvalue weighted by atomic mass is 10.1. The standard InChI is InChI=1S/C13H13BrN4O2/c1-2-8-7-9(14)3-4-10(8)16-12-6-5-11(18(19)20)13(15)17-12/h3-7H,2H2,1H3,(H3,15,16,17). The van der Waals surface area contributed by atoms with Crippen molar-refractivity contribution in [3.05, 3.63) is 50.5 Å². The third-order valence-electron chi connectivity index (χ3n) is 2.81. The molecule has 104 valence electrons. The summed E-state index contributed by atoms with van der Waals surface area (Å²) in [5.41, 5.74) is 7.39. The van der Waals surface area contributed by atoms with Crippen molar-refractivity contribution in [3.8, 4) is 0 Å². The van der Waals surface area contributed by atoms with Gasteiger partial charge in [0.1, 0.15) is 5.82 Å². The lowest BCUT2D eigenvalue weighted by Crippen LogP contribution is -2.02. The highest BCUT2D eigenvalue weighted by Gasteiger charge is 2.13. The highest BCUT2D eigenvalue weighted by Crippen LogP contribution is 2.26. The number of nitrogens with two attached hydrogens (primary N) is 1. The maximum absolute atomic E-state index is 10.7. The zero-order valence-corrected chi connectivity index (χ0v) is 12.3. The fourth-order valence-electron chi connectivity index (χ4n) is 1.81. The van der Waals surface area contributed by atoms with Crippen LogP contribution in [0.2, 0.25) is 0 Å². The first-order valence-electron chi connectivity index (χ1n) is 5.97. The molecule has 0 fully saturated rings. The van der Waals surface area contributed by atoms with Gasteiger partial charge in [0.05, 0.1) is 4.92 Å². The molecule has 1 heterocycles. The van der Waals surface area contributed by atoms with Crippen molar-refractivity contribution in [2.24, 2.45) is 0 Å². The molecular weight excluding hydrogens is 324 g/mol. The molecule has 0 aliphatic carbocycles. The second-order valence-electron chi connectivity index (χ2n) is 4.14. The first kappa shape index (κ1) is 14.3. The maximum Gasteiger partial charge on any atom is 0.311 e. The summed E-state index contributed by atoms with van der Waals surface area (Å²) in [6, 6.07) is 8.72. The SMILES string of the molecule is CCc1cc(Br)ccc1Nc1ccc([N+](=O)[O-])c(N)n1. The van der Waals surface area contributed by atoms with Gasteiger partial charge in [-0.1, -0.05) is 22.9 Å². The molecule has 7 heteroatoms. The van der Waals surface area contributed by atoms with Crippen LogP contribution in [0.3, 0.4) is 0 Å². The molecule has 1 aromatic heterocycles. The van der Waals surface area contributed by atoms with Crippen molar-refractivity contribution in [1.29, 1.82) is 0 Å². The Morgan fingerprint density at radius 3 is 2.75 bits per heavy atom. The van der Waals surface area contributed by atoms with Crippen LogP contribution in [0.1, 0.15) is 12.5 Å². The Kier molecular flexibility index (Phi) is 4.19. The second-order valence-corrected chi connectivity index (χ2v) is 5.05. The van der Waals surface area contributed by atoms with Crippen LogP contribution in [0.15, 0.2) is 34.8 Å². The molecule has 1 aromatic carbocycles. The van der Waals surface area contributed by atoms with E-state index in [0.717, 1.165) is 22.1 Å². The van der Waals surface area contributed by atoms with Gasteiger partial charge in [-0.05, 0) is 36.2 Å². The Labute approximate surface area is 124 Å². The van der Waals surface area contributed by atoms with Gasteiger partial charge in [-0.2, -0.15) is 0 Å². The molecule has 0 amide bonds. The van der Waals surface area contributed by atoms with E-state index < -0.39 is 4.92 Å². The number of hydrogen-bond acceptors (Lipinski definition) is 5. The molecule has 0 unspecified atom stereocenters. The van der Waals surface area contributed by atoms with Crippen LogP contribution in [0.25, 0.3) is 0 Å². The van der Waals surface area contributed by atoms with E-state index in [-0.39, 0.29) is 11.5 Å². The minimum absolute atomic E-state index is 0.102. The van der Waals surface area contributed by atoms with Crippen LogP contribution in [-0.4, -0.2) is 9.91 Å². The lowest BCUT2D eigenvalue weighted by Gasteiger charge is -2.11. The van der Waals surface area contributed by atoms with E-state index in [9.17, 15) is 10.1 Å². The Morgan fingerprint density at radius 1 is 1.40 bits per heavy atom. The molecule has 0 saturated carbocycles. The van der Waals surface area contributed by atoms with Gasteiger partial charge in [-0.25, -0.2) is 4.98 Å². The van der Waals surface area contributed by atoms with Gasteiger partial charge in [-0.3, -0.25) is 10.1 Å². The van der Waals surface area contributed by atoms with Crippen LogP contribution >= 0.6 is 15.9 Å². The first-order chi connectivity index (χ1) is 9.51. The predicted octanol–water partition coefficient (Wildman–Crippen LogP) is 3.64. The number of halogens is 1. The van der Waals surface area contributed by atoms with Gasteiger partial charge in [-0.15, -0.1) is 0 Å².